The molecule has 3 aliphatic carbocycles. The van der Waals surface area contributed by atoms with Gasteiger partial charge in [0.2, 0.25) is 0 Å². The number of methoxy groups -OCH3 is 1. The molecule has 228 valence electrons. The molecule has 1 aromatic rings. The van der Waals surface area contributed by atoms with Crippen molar-refractivity contribution in [1.82, 2.24) is 0 Å². The number of fused-ring (bicyclic) bond motifs is 2. The molecule has 1 N–H and O–H groups in total. The molecule has 12 atom stereocenters. The predicted octanol–water partition coefficient (Wildman–Crippen LogP) is 3.87. The molecule has 1 aromatic heterocycles. The van der Waals surface area contributed by atoms with Gasteiger partial charge < -0.3 is 33.2 Å². The number of carbonyl (C=O) groups excluding carboxylic acids is 3. The molecular weight excluding hydrogens is 544 g/mol. The molecule has 4 bridgehead atoms. The van der Waals surface area contributed by atoms with Gasteiger partial charge >= 0.3 is 17.9 Å². The van der Waals surface area contributed by atoms with Crippen molar-refractivity contribution in [3.63, 3.8) is 0 Å². The summed E-state index contributed by atoms with van der Waals surface area (Å²) >= 11 is 0. The number of carbonyl (C=O) groups is 3. The van der Waals surface area contributed by atoms with Gasteiger partial charge in [-0.1, -0.05) is 26.8 Å². The van der Waals surface area contributed by atoms with Gasteiger partial charge in [-0.05, 0) is 38.7 Å². The minimum Gasteiger partial charge on any atom is -0.472 e. The second-order valence-corrected chi connectivity index (χ2v) is 14.1. The Labute approximate surface area is 245 Å². The van der Waals surface area contributed by atoms with Crippen molar-refractivity contribution in [2.24, 2.45) is 39.9 Å². The zero-order valence-electron chi connectivity index (χ0n) is 25.0. The molecule has 4 aliphatic heterocycles. The molecule has 7 aliphatic rings. The summed E-state index contributed by atoms with van der Waals surface area (Å²) in [6.45, 7) is 9.72. The lowest BCUT2D eigenvalue weighted by Crippen LogP contribution is -2.83. The molecule has 42 heavy (non-hydrogen) atoms. The Morgan fingerprint density at radius 1 is 1.19 bits per heavy atom. The van der Waals surface area contributed by atoms with Gasteiger partial charge in [0.1, 0.15) is 17.8 Å². The summed E-state index contributed by atoms with van der Waals surface area (Å²) in [5, 5.41) is 12.7. The number of allylic oxidation sites excluding steroid dienone is 1. The second kappa shape index (κ2) is 8.70. The molecule has 10 heteroatoms. The van der Waals surface area contributed by atoms with Crippen LogP contribution >= 0.6 is 0 Å². The van der Waals surface area contributed by atoms with Gasteiger partial charge in [-0.2, -0.15) is 0 Å². The lowest BCUT2D eigenvalue weighted by molar-refractivity contribution is -0.446. The molecule has 5 heterocycles. The Kier molecular flexibility index (Phi) is 5.82. The van der Waals surface area contributed by atoms with Crippen molar-refractivity contribution in [3.05, 3.63) is 35.8 Å². The normalized spacial score (nSPS) is 50.1. The van der Waals surface area contributed by atoms with Crippen LogP contribution in [0.5, 0.6) is 0 Å². The highest BCUT2D eigenvalue weighted by Gasteiger charge is 2.91. The van der Waals surface area contributed by atoms with Gasteiger partial charge in [0.05, 0.1) is 44.7 Å². The van der Waals surface area contributed by atoms with E-state index in [1.807, 2.05) is 19.9 Å². The van der Waals surface area contributed by atoms with Crippen LogP contribution in [0.25, 0.3) is 0 Å². The minimum atomic E-state index is -1.72. The first kappa shape index (κ1) is 28.1. The summed E-state index contributed by atoms with van der Waals surface area (Å²) in [6.07, 6.45) is 4.65. The lowest BCUT2D eigenvalue weighted by atomic mass is 9.34. The predicted molar refractivity (Wildman–Crippen MR) is 144 cm³/mol. The largest absolute Gasteiger partial charge is 0.472 e. The van der Waals surface area contributed by atoms with Gasteiger partial charge in [0, 0.05) is 45.6 Å². The third kappa shape index (κ3) is 3.13. The van der Waals surface area contributed by atoms with Crippen molar-refractivity contribution in [3.8, 4) is 0 Å². The number of cyclic esters (lactones) is 1. The fraction of sp³-hybridized carbons (Fsp3) is 0.719. The van der Waals surface area contributed by atoms with E-state index in [4.69, 9.17) is 28.1 Å². The maximum atomic E-state index is 13.3. The SMILES string of the molecule is CC=C(C)C(=O)OC1C2C3OC34C3CC(=O)OC(c5ccoc5)C3(C)CCC4C3(C)C(CC(=O)OC)C1(C)COC23O. The highest BCUT2D eigenvalue weighted by molar-refractivity contribution is 5.87. The van der Waals surface area contributed by atoms with Gasteiger partial charge in [0.25, 0.3) is 0 Å². The average molecular weight is 585 g/mol. The highest BCUT2D eigenvalue weighted by atomic mass is 16.7. The standard InChI is InChI=1S/C32H40O10/c1-7-16(2)27(35)41-25-23-26-31(42-26)18(30(5)19(12-21(33)37-6)29(25,4)15-39-32(23,30)36)8-10-28(3)20(31)13-22(34)40-24(28)17-9-11-38-14-17/h7,9,11,14,18-20,23-26,36H,8,10,12-13,15H2,1-6H3. The van der Waals surface area contributed by atoms with E-state index in [1.165, 1.54) is 7.11 Å². The van der Waals surface area contributed by atoms with Crippen molar-refractivity contribution < 1.29 is 47.6 Å². The molecule has 12 unspecified atom stereocenters. The van der Waals surface area contributed by atoms with E-state index in [2.05, 4.69) is 6.92 Å². The minimum absolute atomic E-state index is 0.0252. The van der Waals surface area contributed by atoms with Crippen LogP contribution in [-0.2, 0) is 38.1 Å². The topological polar surface area (TPSA) is 134 Å². The number of epoxide rings is 1. The number of hydrogen-bond acceptors (Lipinski definition) is 10. The van der Waals surface area contributed by atoms with Crippen LogP contribution in [0, 0.1) is 39.9 Å². The van der Waals surface area contributed by atoms with Crippen LogP contribution in [0.3, 0.4) is 0 Å². The molecule has 0 amide bonds. The fourth-order valence-corrected chi connectivity index (χ4v) is 10.4. The molecule has 3 saturated carbocycles. The highest BCUT2D eigenvalue weighted by Crippen LogP contribution is 2.82. The second-order valence-electron chi connectivity index (χ2n) is 14.1. The molecule has 4 saturated heterocycles. The Morgan fingerprint density at radius 3 is 2.62 bits per heavy atom. The Bertz CT molecular complexity index is 1370. The molecule has 8 rings (SSSR count). The Hall–Kier alpha value is -2.69. The Balaban J connectivity index is 1.39. The first-order chi connectivity index (χ1) is 19.8. The maximum absolute atomic E-state index is 13.3. The van der Waals surface area contributed by atoms with Crippen LogP contribution in [0.2, 0.25) is 0 Å². The number of esters is 3. The van der Waals surface area contributed by atoms with Crippen LogP contribution in [-0.4, -0.2) is 60.3 Å². The third-order valence-electron chi connectivity index (χ3n) is 12.6. The van der Waals surface area contributed by atoms with E-state index in [1.54, 1.807) is 32.4 Å². The quantitative estimate of drug-likeness (QED) is 0.235. The van der Waals surface area contributed by atoms with Crippen molar-refractivity contribution in [1.29, 1.82) is 0 Å². The molecule has 0 radical (unpaired) electrons. The first-order valence-corrected chi connectivity index (χ1v) is 15.0. The third-order valence-corrected chi connectivity index (χ3v) is 12.6. The van der Waals surface area contributed by atoms with Crippen molar-refractivity contribution in [2.45, 2.75) is 90.0 Å². The molecule has 7 fully saturated rings. The smallest absolute Gasteiger partial charge is 0.333 e. The van der Waals surface area contributed by atoms with E-state index in [0.717, 1.165) is 5.56 Å². The molecular formula is C32H40O10. The van der Waals surface area contributed by atoms with Gasteiger partial charge in [0.15, 0.2) is 5.79 Å². The number of ether oxygens (including phenoxy) is 5. The van der Waals surface area contributed by atoms with Gasteiger partial charge in [-0.3, -0.25) is 9.59 Å². The first-order valence-electron chi connectivity index (χ1n) is 15.0. The fourth-order valence-electron chi connectivity index (χ4n) is 10.4. The maximum Gasteiger partial charge on any atom is 0.333 e. The summed E-state index contributed by atoms with van der Waals surface area (Å²) in [4.78, 5) is 39.5. The van der Waals surface area contributed by atoms with Crippen LogP contribution in [0.4, 0.5) is 0 Å². The van der Waals surface area contributed by atoms with E-state index in [0.29, 0.717) is 18.4 Å². The van der Waals surface area contributed by atoms with E-state index in [-0.39, 0.29) is 37.3 Å². The van der Waals surface area contributed by atoms with E-state index >= 15 is 0 Å². The zero-order chi connectivity index (χ0) is 30.0. The summed E-state index contributed by atoms with van der Waals surface area (Å²) in [5.41, 5.74) is -1.78. The average Bonchev–Trinajstić information content (AvgIpc) is 3.41. The van der Waals surface area contributed by atoms with E-state index in [9.17, 15) is 19.5 Å². The molecule has 1 spiro atoms. The van der Waals surface area contributed by atoms with Crippen molar-refractivity contribution >= 4 is 17.9 Å². The Morgan fingerprint density at radius 2 is 1.95 bits per heavy atom. The summed E-state index contributed by atoms with van der Waals surface area (Å²) in [6, 6.07) is 1.83. The van der Waals surface area contributed by atoms with E-state index < -0.39 is 69.7 Å². The number of hydrogen-bond donors (Lipinski definition) is 1. The van der Waals surface area contributed by atoms with Gasteiger partial charge in [-0.25, -0.2) is 4.79 Å². The van der Waals surface area contributed by atoms with Crippen LogP contribution in [0.1, 0.15) is 72.0 Å². The molecule has 10 nitrogen and oxygen atoms in total. The lowest BCUT2D eigenvalue weighted by Gasteiger charge is -2.74. The zero-order valence-corrected chi connectivity index (χ0v) is 25.0. The van der Waals surface area contributed by atoms with Crippen molar-refractivity contribution in [2.75, 3.05) is 13.7 Å². The number of furan rings is 1. The molecule has 0 aromatic carbocycles. The van der Waals surface area contributed by atoms with Crippen LogP contribution < -0.4 is 0 Å². The monoisotopic (exact) mass is 584 g/mol. The summed E-state index contributed by atoms with van der Waals surface area (Å²) in [7, 11) is 1.35. The summed E-state index contributed by atoms with van der Waals surface area (Å²) < 4.78 is 36.0. The van der Waals surface area contributed by atoms with Crippen LogP contribution in [0.15, 0.2) is 34.7 Å². The number of rotatable bonds is 5. The number of aliphatic hydroxyl groups is 1. The summed E-state index contributed by atoms with van der Waals surface area (Å²) in [5.74, 6) is -4.55. The van der Waals surface area contributed by atoms with Gasteiger partial charge in [-0.15, -0.1) is 0 Å².